The molecule has 0 spiro atoms. The number of hydrogen-bond acceptors (Lipinski definition) is 2. The minimum atomic E-state index is 0.158. The van der Waals surface area contributed by atoms with Gasteiger partial charge in [-0.1, -0.05) is 40.2 Å². The van der Waals surface area contributed by atoms with Gasteiger partial charge in [-0.05, 0) is 85.3 Å². The van der Waals surface area contributed by atoms with Crippen molar-refractivity contribution in [2.75, 3.05) is 13.1 Å². The van der Waals surface area contributed by atoms with Crippen LogP contribution in [0, 0.1) is 18.3 Å². The first kappa shape index (κ1) is 23.1. The molecule has 34 heavy (non-hydrogen) atoms. The maximum atomic E-state index is 13.2. The third kappa shape index (κ3) is 4.16. The van der Waals surface area contributed by atoms with E-state index in [-0.39, 0.29) is 11.3 Å². The molecular weight excluding hydrogens is 418 g/mol. The fraction of sp³-hybridized carbons (Fsp3) is 0.533. The second-order valence-electron chi connectivity index (χ2n) is 11.6. The molecule has 4 nitrogen and oxygen atoms in total. The fourth-order valence-corrected chi connectivity index (χ4v) is 6.45. The Morgan fingerprint density at radius 1 is 1.12 bits per heavy atom. The van der Waals surface area contributed by atoms with Gasteiger partial charge in [0.05, 0.1) is 5.69 Å². The smallest absolute Gasteiger partial charge is 0.226 e. The van der Waals surface area contributed by atoms with Crippen LogP contribution in [-0.4, -0.2) is 33.9 Å². The average Bonchev–Trinajstić information content (AvgIpc) is 3.37. The quantitative estimate of drug-likeness (QED) is 0.450. The Kier molecular flexibility index (Phi) is 6.03. The van der Waals surface area contributed by atoms with Gasteiger partial charge in [0.1, 0.15) is 0 Å². The van der Waals surface area contributed by atoms with Gasteiger partial charge in [0, 0.05) is 47.4 Å². The van der Waals surface area contributed by atoms with Crippen LogP contribution in [0.15, 0.2) is 36.5 Å². The van der Waals surface area contributed by atoms with Crippen LogP contribution in [0.1, 0.15) is 88.5 Å². The summed E-state index contributed by atoms with van der Waals surface area (Å²) in [6.07, 6.45) is 7.44. The largest absolute Gasteiger partial charge is 0.354 e. The molecule has 0 bridgehead atoms. The summed E-state index contributed by atoms with van der Waals surface area (Å²) in [5.41, 5.74) is 7.62. The molecule has 5 rings (SSSR count). The summed E-state index contributed by atoms with van der Waals surface area (Å²) in [5, 5.41) is 1.34. The van der Waals surface area contributed by atoms with Gasteiger partial charge in [-0.3, -0.25) is 9.78 Å². The Balaban J connectivity index is 1.38. The molecule has 0 radical (unpaired) electrons. The highest BCUT2D eigenvalue weighted by Crippen LogP contribution is 2.44. The van der Waals surface area contributed by atoms with Gasteiger partial charge < -0.3 is 9.88 Å². The highest BCUT2D eigenvalue weighted by Gasteiger charge is 2.41. The van der Waals surface area contributed by atoms with Crippen molar-refractivity contribution < 1.29 is 4.79 Å². The molecule has 1 saturated carbocycles. The number of rotatable bonds is 4. The average molecular weight is 458 g/mol. The number of carbonyl (C=O) groups excluding carboxylic acids is 1. The molecule has 1 N–H and O–H groups in total. The summed E-state index contributed by atoms with van der Waals surface area (Å²) in [7, 11) is 0. The van der Waals surface area contributed by atoms with Crippen molar-refractivity contribution >= 4 is 16.8 Å². The van der Waals surface area contributed by atoms with Crippen molar-refractivity contribution in [2.45, 2.75) is 78.6 Å². The van der Waals surface area contributed by atoms with Crippen LogP contribution in [0.4, 0.5) is 0 Å². The Bertz CT molecular complexity index is 1200. The van der Waals surface area contributed by atoms with E-state index in [9.17, 15) is 4.79 Å². The van der Waals surface area contributed by atoms with E-state index in [4.69, 9.17) is 0 Å². The molecule has 1 amide bonds. The van der Waals surface area contributed by atoms with Crippen molar-refractivity contribution in [3.63, 3.8) is 0 Å². The van der Waals surface area contributed by atoms with Gasteiger partial charge in [0.25, 0.3) is 0 Å². The molecule has 2 aliphatic rings. The van der Waals surface area contributed by atoms with Crippen molar-refractivity contribution in [1.29, 1.82) is 0 Å². The second kappa shape index (κ2) is 8.87. The third-order valence-electron chi connectivity index (χ3n) is 8.46. The van der Waals surface area contributed by atoms with Crippen LogP contribution in [0.3, 0.4) is 0 Å². The monoisotopic (exact) mass is 457 g/mol. The number of hydrogen-bond donors (Lipinski definition) is 1. The van der Waals surface area contributed by atoms with Crippen LogP contribution in [0.2, 0.25) is 0 Å². The van der Waals surface area contributed by atoms with Crippen molar-refractivity contribution in [3.8, 4) is 11.3 Å². The number of aromatic amines is 1. The van der Waals surface area contributed by atoms with Gasteiger partial charge in [-0.15, -0.1) is 0 Å². The van der Waals surface area contributed by atoms with E-state index in [1.54, 1.807) is 0 Å². The topological polar surface area (TPSA) is 49.0 Å². The summed E-state index contributed by atoms with van der Waals surface area (Å²) < 4.78 is 0. The molecule has 2 aromatic heterocycles. The van der Waals surface area contributed by atoms with E-state index in [0.29, 0.717) is 17.7 Å². The highest BCUT2D eigenvalue weighted by atomic mass is 16.2. The lowest BCUT2D eigenvalue weighted by Gasteiger charge is -2.37. The summed E-state index contributed by atoms with van der Waals surface area (Å²) in [4.78, 5) is 23.5. The zero-order chi connectivity index (χ0) is 24.0. The number of likely N-dealkylation sites (tertiary alicyclic amines) is 1. The molecule has 1 aromatic carbocycles. The number of benzene rings is 1. The number of nitrogens with zero attached hydrogens (tertiary/aromatic N) is 2. The second-order valence-corrected chi connectivity index (χ2v) is 11.6. The number of aromatic nitrogens is 2. The molecule has 3 heterocycles. The Morgan fingerprint density at radius 2 is 1.88 bits per heavy atom. The summed E-state index contributed by atoms with van der Waals surface area (Å²) in [5.74, 6) is 1.55. The Labute approximate surface area is 204 Å². The van der Waals surface area contributed by atoms with Crippen LogP contribution >= 0.6 is 0 Å². The minimum Gasteiger partial charge on any atom is -0.354 e. The Morgan fingerprint density at radius 3 is 2.53 bits per heavy atom. The predicted molar refractivity (Wildman–Crippen MR) is 140 cm³/mol. The highest BCUT2D eigenvalue weighted by molar-refractivity contribution is 5.92. The molecule has 2 fully saturated rings. The zero-order valence-corrected chi connectivity index (χ0v) is 21.4. The fourth-order valence-electron chi connectivity index (χ4n) is 6.45. The van der Waals surface area contributed by atoms with Crippen LogP contribution < -0.4 is 0 Å². The van der Waals surface area contributed by atoms with Gasteiger partial charge in [-0.25, -0.2) is 0 Å². The number of H-pyrrole nitrogens is 1. The number of aryl methyl sites for hydroxylation is 1. The zero-order valence-electron chi connectivity index (χ0n) is 21.4. The molecule has 180 valence electrons. The van der Waals surface area contributed by atoms with E-state index in [1.807, 2.05) is 13.1 Å². The standard InChI is InChI=1S/C30H39N3O/c1-19(2)27-24-18-22(8-9-26(24)32-28(27)23-10-14-31-20(3)17-23)21-11-15-33(16-12-21)29(34)25-7-6-13-30(25,4)5/h8-10,14,17-19,21,25,32H,6-7,11-13,15-16H2,1-5H3/t25-/m1/s1. The van der Waals surface area contributed by atoms with E-state index < -0.39 is 0 Å². The maximum Gasteiger partial charge on any atom is 0.226 e. The first-order valence-electron chi connectivity index (χ1n) is 13.1. The number of nitrogens with one attached hydrogen (secondary N) is 1. The maximum absolute atomic E-state index is 13.2. The molecular formula is C30H39N3O. The predicted octanol–water partition coefficient (Wildman–Crippen LogP) is 7.19. The summed E-state index contributed by atoms with van der Waals surface area (Å²) >= 11 is 0. The molecule has 1 aliphatic carbocycles. The van der Waals surface area contributed by atoms with Crippen LogP contribution in [0.25, 0.3) is 22.2 Å². The lowest BCUT2D eigenvalue weighted by atomic mass is 9.80. The molecule has 4 heteroatoms. The molecule has 0 unspecified atom stereocenters. The molecule has 1 saturated heterocycles. The number of carbonyl (C=O) groups is 1. The number of pyridine rings is 1. The SMILES string of the molecule is Cc1cc(-c2[nH]c3ccc(C4CCN(C(=O)[C@H]5CCCC5(C)C)CC4)cc3c2C(C)C)ccn1. The van der Waals surface area contributed by atoms with Crippen molar-refractivity contribution in [1.82, 2.24) is 14.9 Å². The Hall–Kier alpha value is -2.62. The van der Waals surface area contributed by atoms with E-state index in [0.717, 1.165) is 38.0 Å². The number of fused-ring (bicyclic) bond motifs is 1. The lowest BCUT2D eigenvalue weighted by Crippen LogP contribution is -2.43. The third-order valence-corrected chi connectivity index (χ3v) is 8.46. The molecule has 1 atom stereocenters. The molecule has 1 aliphatic heterocycles. The number of amides is 1. The van der Waals surface area contributed by atoms with Crippen molar-refractivity contribution in [2.24, 2.45) is 11.3 Å². The van der Waals surface area contributed by atoms with Crippen LogP contribution in [-0.2, 0) is 4.79 Å². The van der Waals surface area contributed by atoms with E-state index >= 15 is 0 Å². The van der Waals surface area contributed by atoms with Crippen LogP contribution in [0.5, 0.6) is 0 Å². The lowest BCUT2D eigenvalue weighted by molar-refractivity contribution is -0.139. The first-order chi connectivity index (χ1) is 16.2. The van der Waals surface area contributed by atoms with E-state index in [1.165, 1.54) is 46.1 Å². The van der Waals surface area contributed by atoms with Crippen molar-refractivity contribution in [3.05, 3.63) is 53.3 Å². The normalized spacial score (nSPS) is 21.0. The first-order valence-corrected chi connectivity index (χ1v) is 13.1. The van der Waals surface area contributed by atoms with E-state index in [2.05, 4.69) is 72.9 Å². The molecule has 3 aromatic rings. The number of piperidine rings is 1. The van der Waals surface area contributed by atoms with Gasteiger partial charge >= 0.3 is 0 Å². The van der Waals surface area contributed by atoms with Gasteiger partial charge in [-0.2, -0.15) is 0 Å². The van der Waals surface area contributed by atoms with Gasteiger partial charge in [0.2, 0.25) is 5.91 Å². The minimum absolute atomic E-state index is 0.158. The summed E-state index contributed by atoms with van der Waals surface area (Å²) in [6, 6.07) is 11.2. The summed E-state index contributed by atoms with van der Waals surface area (Å²) in [6.45, 7) is 12.9. The van der Waals surface area contributed by atoms with Gasteiger partial charge in [0.15, 0.2) is 0 Å².